The number of benzene rings is 2. The van der Waals surface area contributed by atoms with Gasteiger partial charge in [0.1, 0.15) is 5.75 Å². The predicted octanol–water partition coefficient (Wildman–Crippen LogP) is 3.01. The van der Waals surface area contributed by atoms with Crippen LogP contribution in [0.4, 0.5) is 5.69 Å². The number of carbonyl (C=O) groups excluding carboxylic acids is 1. The van der Waals surface area contributed by atoms with Crippen LogP contribution in [0.5, 0.6) is 5.75 Å². The van der Waals surface area contributed by atoms with Gasteiger partial charge in [-0.05, 0) is 54.6 Å². The normalized spacial score (nSPS) is 10.8. The third-order valence-electron chi connectivity index (χ3n) is 3.90. The van der Waals surface area contributed by atoms with Gasteiger partial charge in [-0.15, -0.1) is 0 Å². The molecule has 1 amide bonds. The summed E-state index contributed by atoms with van der Waals surface area (Å²) in [5, 5.41) is 13.4. The molecule has 1 aromatic heterocycles. The number of aromatic nitrogens is 1. The van der Waals surface area contributed by atoms with E-state index < -0.39 is 0 Å². The highest BCUT2D eigenvalue weighted by atomic mass is 16.3. The van der Waals surface area contributed by atoms with Gasteiger partial charge in [-0.1, -0.05) is 6.07 Å². The Morgan fingerprint density at radius 3 is 2.58 bits per heavy atom. The summed E-state index contributed by atoms with van der Waals surface area (Å²) in [5.74, 6) is -0.345. The zero-order chi connectivity index (χ0) is 18.5. The molecule has 6 nitrogen and oxygen atoms in total. The Labute approximate surface area is 152 Å². The standard InChI is InChI=1S/C20H20N4O2/c1-23(2)16-8-10-17(11-9-16)24-12-4-6-18(24)14-21-22-20(26)15-5-3-7-19(25)13-15/h3-14,25H,1-2H3,(H,22,26)/b21-14+. The quantitative estimate of drug-likeness (QED) is 0.550. The van der Waals surface area contributed by atoms with Gasteiger partial charge in [0.05, 0.1) is 11.9 Å². The van der Waals surface area contributed by atoms with E-state index in [2.05, 4.69) is 10.5 Å². The van der Waals surface area contributed by atoms with E-state index in [1.807, 2.05) is 66.2 Å². The van der Waals surface area contributed by atoms with Crippen LogP contribution in [0.3, 0.4) is 0 Å². The lowest BCUT2D eigenvalue weighted by Crippen LogP contribution is -2.17. The van der Waals surface area contributed by atoms with Crippen molar-refractivity contribution in [3.05, 3.63) is 78.1 Å². The average Bonchev–Trinajstić information content (AvgIpc) is 3.10. The van der Waals surface area contributed by atoms with Gasteiger partial charge >= 0.3 is 0 Å². The second kappa shape index (κ2) is 7.57. The molecule has 0 saturated carbocycles. The molecule has 0 spiro atoms. The molecule has 1 heterocycles. The first-order chi connectivity index (χ1) is 12.5. The topological polar surface area (TPSA) is 69.9 Å². The Kier molecular flexibility index (Phi) is 5.03. The fraction of sp³-hybridized carbons (Fsp3) is 0.100. The van der Waals surface area contributed by atoms with Gasteiger partial charge in [0.15, 0.2) is 0 Å². The summed E-state index contributed by atoms with van der Waals surface area (Å²) in [5.41, 5.74) is 5.76. The van der Waals surface area contributed by atoms with Crippen LogP contribution in [0.2, 0.25) is 0 Å². The van der Waals surface area contributed by atoms with Crippen molar-refractivity contribution < 1.29 is 9.90 Å². The minimum Gasteiger partial charge on any atom is -0.508 e. The Balaban J connectivity index is 1.72. The number of phenolic OH excluding ortho intramolecular Hbond substituents is 1. The van der Waals surface area contributed by atoms with Crippen LogP contribution in [0.15, 0.2) is 72.0 Å². The lowest BCUT2D eigenvalue weighted by atomic mass is 10.2. The third-order valence-corrected chi connectivity index (χ3v) is 3.90. The highest BCUT2D eigenvalue weighted by molar-refractivity contribution is 5.95. The molecule has 0 saturated heterocycles. The van der Waals surface area contributed by atoms with Crippen molar-refractivity contribution in [2.45, 2.75) is 0 Å². The summed E-state index contributed by atoms with van der Waals surface area (Å²) in [7, 11) is 4.00. The number of hydrogen-bond donors (Lipinski definition) is 2. The van der Waals surface area contributed by atoms with Gasteiger partial charge in [0.2, 0.25) is 0 Å². The summed E-state index contributed by atoms with van der Waals surface area (Å²) in [6, 6.07) is 18.1. The lowest BCUT2D eigenvalue weighted by Gasteiger charge is -2.13. The maximum absolute atomic E-state index is 12.0. The number of amides is 1. The molecule has 0 aliphatic heterocycles. The van der Waals surface area contributed by atoms with Crippen LogP contribution in [-0.2, 0) is 0 Å². The molecule has 2 aromatic carbocycles. The van der Waals surface area contributed by atoms with Crippen LogP contribution in [0.1, 0.15) is 16.1 Å². The Morgan fingerprint density at radius 1 is 1.12 bits per heavy atom. The number of nitrogens with one attached hydrogen (secondary N) is 1. The van der Waals surface area contributed by atoms with Crippen molar-refractivity contribution in [1.82, 2.24) is 9.99 Å². The second-order valence-electron chi connectivity index (χ2n) is 5.96. The van der Waals surface area contributed by atoms with E-state index in [1.54, 1.807) is 18.3 Å². The van der Waals surface area contributed by atoms with Gasteiger partial charge in [0, 0.05) is 37.2 Å². The van der Waals surface area contributed by atoms with Crippen molar-refractivity contribution in [1.29, 1.82) is 0 Å². The third kappa shape index (κ3) is 3.92. The summed E-state index contributed by atoms with van der Waals surface area (Å²) in [6.45, 7) is 0. The summed E-state index contributed by atoms with van der Waals surface area (Å²) in [4.78, 5) is 14.1. The van der Waals surface area contributed by atoms with E-state index in [4.69, 9.17) is 0 Å². The molecule has 0 aliphatic carbocycles. The fourth-order valence-electron chi connectivity index (χ4n) is 2.51. The van der Waals surface area contributed by atoms with Crippen molar-refractivity contribution in [2.24, 2.45) is 5.10 Å². The highest BCUT2D eigenvalue weighted by Gasteiger charge is 2.05. The predicted molar refractivity (Wildman–Crippen MR) is 103 cm³/mol. The van der Waals surface area contributed by atoms with Gasteiger partial charge in [0.25, 0.3) is 5.91 Å². The number of anilines is 1. The number of hydrazone groups is 1. The lowest BCUT2D eigenvalue weighted by molar-refractivity contribution is 0.0954. The number of hydrogen-bond acceptors (Lipinski definition) is 4. The first-order valence-electron chi connectivity index (χ1n) is 8.12. The molecule has 132 valence electrons. The zero-order valence-electron chi connectivity index (χ0n) is 14.6. The Bertz CT molecular complexity index is 927. The van der Waals surface area contributed by atoms with E-state index in [0.29, 0.717) is 5.56 Å². The monoisotopic (exact) mass is 348 g/mol. The molecule has 0 radical (unpaired) electrons. The fourth-order valence-corrected chi connectivity index (χ4v) is 2.51. The van der Waals surface area contributed by atoms with Gasteiger partial charge in [-0.2, -0.15) is 5.10 Å². The number of carbonyl (C=O) groups is 1. The highest BCUT2D eigenvalue weighted by Crippen LogP contribution is 2.17. The maximum atomic E-state index is 12.0. The number of nitrogens with zero attached hydrogens (tertiary/aromatic N) is 3. The molecule has 0 aliphatic rings. The largest absolute Gasteiger partial charge is 0.508 e. The molecule has 0 atom stereocenters. The van der Waals surface area contributed by atoms with E-state index in [0.717, 1.165) is 17.1 Å². The van der Waals surface area contributed by atoms with Crippen LogP contribution in [0, 0.1) is 0 Å². The number of aromatic hydroxyl groups is 1. The summed E-state index contributed by atoms with van der Waals surface area (Å²) < 4.78 is 1.98. The zero-order valence-corrected chi connectivity index (χ0v) is 14.6. The summed E-state index contributed by atoms with van der Waals surface area (Å²) >= 11 is 0. The van der Waals surface area contributed by atoms with Gasteiger partial charge < -0.3 is 14.6 Å². The van der Waals surface area contributed by atoms with Crippen molar-refractivity contribution in [3.63, 3.8) is 0 Å². The smallest absolute Gasteiger partial charge is 0.271 e. The van der Waals surface area contributed by atoms with Crippen molar-refractivity contribution in [3.8, 4) is 11.4 Å². The van der Waals surface area contributed by atoms with Gasteiger partial charge in [-0.25, -0.2) is 5.43 Å². The average molecular weight is 348 g/mol. The SMILES string of the molecule is CN(C)c1ccc(-n2cccc2/C=N/NC(=O)c2cccc(O)c2)cc1. The first-order valence-corrected chi connectivity index (χ1v) is 8.12. The minimum absolute atomic E-state index is 0.0386. The number of rotatable bonds is 5. The summed E-state index contributed by atoms with van der Waals surface area (Å²) in [6.07, 6.45) is 3.52. The molecule has 26 heavy (non-hydrogen) atoms. The maximum Gasteiger partial charge on any atom is 0.271 e. The molecule has 2 N–H and O–H groups in total. The molecule has 0 bridgehead atoms. The van der Waals surface area contributed by atoms with E-state index >= 15 is 0 Å². The van der Waals surface area contributed by atoms with Crippen molar-refractivity contribution in [2.75, 3.05) is 19.0 Å². The molecule has 3 aromatic rings. The second-order valence-corrected chi connectivity index (χ2v) is 5.96. The first kappa shape index (κ1) is 17.3. The van der Waals surface area contributed by atoms with Gasteiger partial charge in [-0.3, -0.25) is 4.79 Å². The van der Waals surface area contributed by atoms with Crippen molar-refractivity contribution >= 4 is 17.8 Å². The molecule has 0 fully saturated rings. The van der Waals surface area contributed by atoms with Crippen LogP contribution >= 0.6 is 0 Å². The molecule has 3 rings (SSSR count). The van der Waals surface area contributed by atoms with Crippen LogP contribution in [-0.4, -0.2) is 35.9 Å². The van der Waals surface area contributed by atoms with E-state index in [9.17, 15) is 9.90 Å². The molecular formula is C20H20N4O2. The number of phenols is 1. The Hall–Kier alpha value is -3.54. The van der Waals surface area contributed by atoms with Crippen LogP contribution in [0.25, 0.3) is 5.69 Å². The van der Waals surface area contributed by atoms with E-state index in [-0.39, 0.29) is 11.7 Å². The molecule has 0 unspecified atom stereocenters. The minimum atomic E-state index is -0.384. The van der Waals surface area contributed by atoms with E-state index in [1.165, 1.54) is 12.1 Å². The molecule has 6 heteroatoms. The van der Waals surface area contributed by atoms with Crippen LogP contribution < -0.4 is 10.3 Å². The molecular weight excluding hydrogens is 328 g/mol. The Morgan fingerprint density at radius 2 is 1.88 bits per heavy atom.